The molecule has 1 saturated heterocycles. The Bertz CT molecular complexity index is 435. The van der Waals surface area contributed by atoms with E-state index in [1.54, 1.807) is 12.1 Å². The first-order valence-electron chi connectivity index (χ1n) is 7.85. The van der Waals surface area contributed by atoms with Crippen LogP contribution in [-0.2, 0) is 0 Å². The fraction of sp³-hybridized carbons (Fsp3) is 0.647. The predicted octanol–water partition coefficient (Wildman–Crippen LogP) is 2.52. The molecule has 118 valence electrons. The Hall–Kier alpha value is -0.970. The molecular formula is C17H27FN2O. The molecule has 0 bridgehead atoms. The second-order valence-electron chi connectivity index (χ2n) is 6.49. The van der Waals surface area contributed by atoms with Gasteiger partial charge in [0.2, 0.25) is 0 Å². The third kappa shape index (κ3) is 4.25. The molecule has 1 aromatic carbocycles. The SMILES string of the molecule is CC(C)CN1CCN(C(CO)c2ccc(F)cc2)C(C)C1. The molecule has 2 unspecified atom stereocenters. The first-order valence-corrected chi connectivity index (χ1v) is 7.85. The summed E-state index contributed by atoms with van der Waals surface area (Å²) in [6.07, 6.45) is 0. The van der Waals surface area contributed by atoms with Crippen LogP contribution >= 0.6 is 0 Å². The Balaban J connectivity index is 2.04. The molecule has 0 aliphatic carbocycles. The van der Waals surface area contributed by atoms with Crippen LogP contribution in [0.1, 0.15) is 32.4 Å². The number of aliphatic hydroxyl groups is 1. The number of nitrogens with zero attached hydrogens (tertiary/aromatic N) is 2. The highest BCUT2D eigenvalue weighted by molar-refractivity contribution is 5.20. The lowest BCUT2D eigenvalue weighted by molar-refractivity contribution is 0.0215. The molecule has 4 heteroatoms. The molecule has 2 rings (SSSR count). The van der Waals surface area contributed by atoms with Gasteiger partial charge in [0.05, 0.1) is 12.6 Å². The van der Waals surface area contributed by atoms with Crippen LogP contribution in [-0.4, -0.2) is 53.7 Å². The quantitative estimate of drug-likeness (QED) is 0.904. The zero-order chi connectivity index (χ0) is 15.4. The molecule has 1 aliphatic heterocycles. The van der Waals surface area contributed by atoms with Gasteiger partial charge in [-0.05, 0) is 30.5 Å². The van der Waals surface area contributed by atoms with Gasteiger partial charge in [-0.15, -0.1) is 0 Å². The topological polar surface area (TPSA) is 26.7 Å². The van der Waals surface area contributed by atoms with E-state index in [2.05, 4.69) is 30.6 Å². The average molecular weight is 294 g/mol. The number of piperazine rings is 1. The summed E-state index contributed by atoms with van der Waals surface area (Å²) in [7, 11) is 0. The maximum absolute atomic E-state index is 13.1. The van der Waals surface area contributed by atoms with E-state index in [1.165, 1.54) is 12.1 Å². The number of hydrogen-bond donors (Lipinski definition) is 1. The van der Waals surface area contributed by atoms with E-state index in [0.29, 0.717) is 12.0 Å². The van der Waals surface area contributed by atoms with Gasteiger partial charge in [0.15, 0.2) is 0 Å². The van der Waals surface area contributed by atoms with Gasteiger partial charge < -0.3 is 10.0 Å². The summed E-state index contributed by atoms with van der Waals surface area (Å²) in [5.74, 6) is 0.444. The van der Waals surface area contributed by atoms with Crippen LogP contribution in [0.15, 0.2) is 24.3 Å². The van der Waals surface area contributed by atoms with Gasteiger partial charge >= 0.3 is 0 Å². The van der Waals surface area contributed by atoms with Crippen molar-refractivity contribution in [3.05, 3.63) is 35.6 Å². The van der Waals surface area contributed by atoms with Gasteiger partial charge in [0, 0.05) is 32.2 Å². The van der Waals surface area contributed by atoms with Crippen LogP contribution in [0.5, 0.6) is 0 Å². The van der Waals surface area contributed by atoms with Crippen LogP contribution in [0.25, 0.3) is 0 Å². The summed E-state index contributed by atoms with van der Waals surface area (Å²) in [5, 5.41) is 9.78. The molecule has 0 aromatic heterocycles. The van der Waals surface area contributed by atoms with Crippen LogP contribution < -0.4 is 0 Å². The average Bonchev–Trinajstić information content (AvgIpc) is 2.43. The molecule has 1 fully saturated rings. The van der Waals surface area contributed by atoms with Crippen LogP contribution in [0.4, 0.5) is 4.39 Å². The highest BCUT2D eigenvalue weighted by Crippen LogP contribution is 2.25. The van der Waals surface area contributed by atoms with E-state index in [4.69, 9.17) is 0 Å². The van der Waals surface area contributed by atoms with Crippen molar-refractivity contribution in [2.75, 3.05) is 32.8 Å². The van der Waals surface area contributed by atoms with Gasteiger partial charge in [-0.25, -0.2) is 4.39 Å². The predicted molar refractivity (Wildman–Crippen MR) is 83.7 cm³/mol. The van der Waals surface area contributed by atoms with Crippen molar-refractivity contribution in [2.45, 2.75) is 32.9 Å². The normalized spacial score (nSPS) is 22.7. The summed E-state index contributed by atoms with van der Waals surface area (Å²) in [4.78, 5) is 4.83. The van der Waals surface area contributed by atoms with Gasteiger partial charge in [0.25, 0.3) is 0 Å². The molecule has 0 spiro atoms. The molecule has 0 saturated carbocycles. The van der Waals surface area contributed by atoms with Crippen molar-refractivity contribution in [2.24, 2.45) is 5.92 Å². The van der Waals surface area contributed by atoms with Gasteiger partial charge in [0.1, 0.15) is 5.82 Å². The summed E-state index contributed by atoms with van der Waals surface area (Å²) < 4.78 is 13.1. The minimum atomic E-state index is -0.231. The Kier molecular flexibility index (Phi) is 5.73. The second kappa shape index (κ2) is 7.34. The molecule has 1 aromatic rings. The Morgan fingerprint density at radius 2 is 1.90 bits per heavy atom. The Labute approximate surface area is 127 Å². The molecule has 21 heavy (non-hydrogen) atoms. The van der Waals surface area contributed by atoms with Crippen LogP contribution in [0.2, 0.25) is 0 Å². The largest absolute Gasteiger partial charge is 0.394 e. The number of halogens is 1. The van der Waals surface area contributed by atoms with E-state index >= 15 is 0 Å². The summed E-state index contributed by atoms with van der Waals surface area (Å²) in [5.41, 5.74) is 0.989. The van der Waals surface area contributed by atoms with E-state index in [1.807, 2.05) is 0 Å². The Morgan fingerprint density at radius 3 is 2.43 bits per heavy atom. The van der Waals surface area contributed by atoms with Crippen molar-refractivity contribution in [3.8, 4) is 0 Å². The van der Waals surface area contributed by atoms with Gasteiger partial charge in [-0.3, -0.25) is 4.90 Å². The maximum atomic E-state index is 13.1. The van der Waals surface area contributed by atoms with Gasteiger partial charge in [-0.1, -0.05) is 26.0 Å². The molecule has 0 amide bonds. The lowest BCUT2D eigenvalue weighted by Crippen LogP contribution is -2.54. The summed E-state index contributed by atoms with van der Waals surface area (Å²) in [6.45, 7) is 10.9. The fourth-order valence-corrected chi connectivity index (χ4v) is 3.28. The van der Waals surface area contributed by atoms with E-state index in [-0.39, 0.29) is 18.5 Å². The van der Waals surface area contributed by atoms with Crippen molar-refractivity contribution in [1.29, 1.82) is 0 Å². The monoisotopic (exact) mass is 294 g/mol. The van der Waals surface area contributed by atoms with Crippen molar-refractivity contribution in [3.63, 3.8) is 0 Å². The molecule has 1 aliphatic rings. The molecule has 0 radical (unpaired) electrons. The standard InChI is InChI=1S/C17H27FN2O/c1-13(2)10-19-8-9-20(14(3)11-19)17(12-21)15-4-6-16(18)7-5-15/h4-7,13-14,17,21H,8-12H2,1-3H3. The first-order chi connectivity index (χ1) is 10.0. The molecule has 1 N–H and O–H groups in total. The fourth-order valence-electron chi connectivity index (χ4n) is 3.28. The Morgan fingerprint density at radius 1 is 1.24 bits per heavy atom. The minimum absolute atomic E-state index is 0.0400. The lowest BCUT2D eigenvalue weighted by Gasteiger charge is -2.44. The molecule has 2 atom stereocenters. The van der Waals surface area contributed by atoms with Crippen LogP contribution in [0, 0.1) is 11.7 Å². The van der Waals surface area contributed by atoms with Crippen LogP contribution in [0.3, 0.4) is 0 Å². The third-order valence-electron chi connectivity index (χ3n) is 4.21. The van der Waals surface area contributed by atoms with Crippen molar-refractivity contribution >= 4 is 0 Å². The maximum Gasteiger partial charge on any atom is 0.123 e. The highest BCUT2D eigenvalue weighted by atomic mass is 19.1. The zero-order valence-corrected chi connectivity index (χ0v) is 13.3. The number of rotatable bonds is 5. The zero-order valence-electron chi connectivity index (χ0n) is 13.3. The molecule has 3 nitrogen and oxygen atoms in total. The lowest BCUT2D eigenvalue weighted by atomic mass is 10.0. The molecule has 1 heterocycles. The summed E-state index contributed by atoms with van der Waals surface area (Å²) >= 11 is 0. The first kappa shape index (κ1) is 16.4. The van der Waals surface area contributed by atoms with E-state index in [9.17, 15) is 9.50 Å². The number of aliphatic hydroxyl groups excluding tert-OH is 1. The smallest absolute Gasteiger partial charge is 0.123 e. The molecular weight excluding hydrogens is 267 g/mol. The second-order valence-corrected chi connectivity index (χ2v) is 6.49. The van der Waals surface area contributed by atoms with Crippen molar-refractivity contribution < 1.29 is 9.50 Å². The summed E-state index contributed by atoms with van der Waals surface area (Å²) in [6, 6.07) is 6.85. The third-order valence-corrected chi connectivity index (χ3v) is 4.21. The van der Waals surface area contributed by atoms with Gasteiger partial charge in [-0.2, -0.15) is 0 Å². The minimum Gasteiger partial charge on any atom is -0.394 e. The van der Waals surface area contributed by atoms with E-state index < -0.39 is 0 Å². The van der Waals surface area contributed by atoms with Crippen molar-refractivity contribution in [1.82, 2.24) is 9.80 Å². The van der Waals surface area contributed by atoms with E-state index in [0.717, 1.165) is 31.7 Å². The number of hydrogen-bond acceptors (Lipinski definition) is 3. The number of benzene rings is 1. The highest BCUT2D eigenvalue weighted by Gasteiger charge is 2.29.